The fraction of sp³-hybridized carbons (Fsp3) is 0.346. The number of carbonyl (C=O) groups is 3. The maximum absolute atomic E-state index is 13.4. The number of rotatable bonds is 12. The lowest BCUT2D eigenvalue weighted by Gasteiger charge is -2.22. The fourth-order valence-electron chi connectivity index (χ4n) is 3.93. The number of ether oxygens (including phenoxy) is 1. The average molecular weight is 536 g/mol. The number of benzene rings is 1. The molecule has 0 fully saturated rings. The number of nitrogens with zero attached hydrogens (tertiary/aromatic N) is 2. The molecule has 2 amide bonds. The van der Waals surface area contributed by atoms with Crippen LogP contribution in [0.15, 0.2) is 47.2 Å². The Labute approximate surface area is 216 Å². The Morgan fingerprint density at radius 2 is 1.89 bits per heavy atom. The van der Waals surface area contributed by atoms with Crippen LogP contribution in [-0.2, 0) is 17.8 Å². The van der Waals surface area contributed by atoms with Gasteiger partial charge in [0.2, 0.25) is 5.91 Å². The van der Waals surface area contributed by atoms with Crippen LogP contribution in [0.4, 0.5) is 13.2 Å². The maximum atomic E-state index is 13.4. The summed E-state index contributed by atoms with van der Waals surface area (Å²) in [5, 5.41) is 3.75. The first-order valence-corrected chi connectivity index (χ1v) is 12.6. The van der Waals surface area contributed by atoms with E-state index < -0.39 is 23.8 Å². The number of nitrogens with two attached hydrogens (primary N) is 1. The van der Waals surface area contributed by atoms with Gasteiger partial charge in [-0.1, -0.05) is 25.5 Å². The number of carbonyl (C=O) groups excluding carboxylic acids is 3. The van der Waals surface area contributed by atoms with E-state index >= 15 is 0 Å². The highest BCUT2D eigenvalue weighted by Crippen LogP contribution is 2.25. The summed E-state index contributed by atoms with van der Waals surface area (Å²) in [5.74, 6) is -1.74. The van der Waals surface area contributed by atoms with Crippen molar-refractivity contribution < 1.29 is 32.3 Å². The molecule has 0 bridgehead atoms. The molecule has 2 aromatic heterocycles. The molecule has 0 aliphatic carbocycles. The molecule has 198 valence electrons. The molecular formula is C26H28F3N3O4S. The van der Waals surface area contributed by atoms with Gasteiger partial charge in [0.05, 0.1) is 24.2 Å². The smallest absolute Gasteiger partial charge is 0.406 e. The molecule has 0 spiro atoms. The van der Waals surface area contributed by atoms with Gasteiger partial charge < -0.3 is 19.9 Å². The van der Waals surface area contributed by atoms with Gasteiger partial charge in [-0.3, -0.25) is 14.4 Å². The highest BCUT2D eigenvalue weighted by molar-refractivity contribution is 7.08. The summed E-state index contributed by atoms with van der Waals surface area (Å²) in [6.07, 6.45) is -3.14. The Bertz CT molecular complexity index is 1250. The number of thiophene rings is 1. The van der Waals surface area contributed by atoms with Gasteiger partial charge >= 0.3 is 6.36 Å². The SMILES string of the molecule is CCCCN(CC(=O)c1cc(C(N)=O)c(C)n1Cc1cccc(OC(F)(F)F)c1)C(=O)Cc1ccsc1. The molecule has 1 aromatic carbocycles. The Balaban J connectivity index is 1.89. The molecule has 7 nitrogen and oxygen atoms in total. The van der Waals surface area contributed by atoms with E-state index in [9.17, 15) is 27.6 Å². The molecule has 0 atom stereocenters. The fourth-order valence-corrected chi connectivity index (χ4v) is 4.60. The van der Waals surface area contributed by atoms with Gasteiger partial charge in [-0.2, -0.15) is 11.3 Å². The van der Waals surface area contributed by atoms with Crippen molar-refractivity contribution in [3.05, 3.63) is 75.2 Å². The van der Waals surface area contributed by atoms with Crippen LogP contribution in [0.5, 0.6) is 5.75 Å². The largest absolute Gasteiger partial charge is 0.573 e. The monoisotopic (exact) mass is 535 g/mol. The zero-order valence-electron chi connectivity index (χ0n) is 20.5. The van der Waals surface area contributed by atoms with E-state index in [1.165, 1.54) is 45.1 Å². The third-order valence-electron chi connectivity index (χ3n) is 5.79. The van der Waals surface area contributed by atoms with Crippen LogP contribution in [0.1, 0.15) is 57.4 Å². The molecule has 0 saturated carbocycles. The van der Waals surface area contributed by atoms with E-state index in [1.54, 1.807) is 13.0 Å². The Morgan fingerprint density at radius 3 is 2.51 bits per heavy atom. The Morgan fingerprint density at radius 1 is 1.14 bits per heavy atom. The van der Waals surface area contributed by atoms with Gasteiger partial charge in [0.25, 0.3) is 5.91 Å². The second-order valence-corrected chi connectivity index (χ2v) is 9.35. The van der Waals surface area contributed by atoms with Gasteiger partial charge in [0, 0.05) is 18.8 Å². The van der Waals surface area contributed by atoms with Gasteiger partial charge in [-0.15, -0.1) is 13.2 Å². The normalized spacial score (nSPS) is 11.4. The number of aromatic nitrogens is 1. The van der Waals surface area contributed by atoms with Gasteiger partial charge in [-0.25, -0.2) is 0 Å². The van der Waals surface area contributed by atoms with Crippen LogP contribution >= 0.6 is 11.3 Å². The first kappa shape index (κ1) is 28.0. The number of Topliss-reactive ketones (excluding diaryl/α,β-unsaturated/α-hetero) is 1. The van der Waals surface area contributed by atoms with Gasteiger partial charge in [0.1, 0.15) is 5.75 Å². The molecule has 3 aromatic rings. The highest BCUT2D eigenvalue weighted by Gasteiger charge is 2.31. The van der Waals surface area contributed by atoms with E-state index in [4.69, 9.17) is 5.73 Å². The highest BCUT2D eigenvalue weighted by atomic mass is 32.1. The first-order valence-electron chi connectivity index (χ1n) is 11.6. The third kappa shape index (κ3) is 7.69. The Kier molecular flexibility index (Phi) is 9.14. The molecular weight excluding hydrogens is 507 g/mol. The van der Waals surface area contributed by atoms with Gasteiger partial charge in [-0.05, 0) is 59.5 Å². The summed E-state index contributed by atoms with van der Waals surface area (Å²) in [6, 6.07) is 8.60. The summed E-state index contributed by atoms with van der Waals surface area (Å²) in [6.45, 7) is 3.76. The number of unbranched alkanes of at least 4 members (excludes halogenated alkanes) is 1. The molecule has 37 heavy (non-hydrogen) atoms. The van der Waals surface area contributed by atoms with Crippen LogP contribution in [-0.4, -0.2) is 46.5 Å². The second-order valence-electron chi connectivity index (χ2n) is 8.57. The van der Waals surface area contributed by atoms with Crippen molar-refractivity contribution in [2.75, 3.05) is 13.1 Å². The summed E-state index contributed by atoms with van der Waals surface area (Å²) in [4.78, 5) is 39.9. The molecule has 2 heterocycles. The van der Waals surface area contributed by atoms with Crippen molar-refractivity contribution in [2.24, 2.45) is 5.73 Å². The number of primary amides is 1. The lowest BCUT2D eigenvalue weighted by molar-refractivity contribution is -0.274. The number of halogens is 3. The minimum atomic E-state index is -4.85. The quantitative estimate of drug-likeness (QED) is 0.332. The summed E-state index contributed by atoms with van der Waals surface area (Å²) in [5.41, 5.74) is 7.43. The zero-order chi connectivity index (χ0) is 27.2. The number of hydrogen-bond acceptors (Lipinski definition) is 5. The topological polar surface area (TPSA) is 94.6 Å². The van der Waals surface area contributed by atoms with Crippen molar-refractivity contribution in [3.63, 3.8) is 0 Å². The van der Waals surface area contributed by atoms with Crippen molar-refractivity contribution in [3.8, 4) is 5.75 Å². The predicted molar refractivity (Wildman–Crippen MR) is 134 cm³/mol. The predicted octanol–water partition coefficient (Wildman–Crippen LogP) is 4.96. The summed E-state index contributed by atoms with van der Waals surface area (Å²) < 4.78 is 43.5. The van der Waals surface area contributed by atoms with Crippen molar-refractivity contribution >= 4 is 28.9 Å². The molecule has 2 N–H and O–H groups in total. The van der Waals surface area contributed by atoms with Crippen LogP contribution < -0.4 is 10.5 Å². The van der Waals surface area contributed by atoms with E-state index in [-0.39, 0.29) is 36.7 Å². The van der Waals surface area contributed by atoms with E-state index in [0.29, 0.717) is 24.2 Å². The van der Waals surface area contributed by atoms with Crippen LogP contribution in [0.25, 0.3) is 0 Å². The third-order valence-corrected chi connectivity index (χ3v) is 6.53. The standard InChI is InChI=1S/C26H28F3N3O4S/c1-3-4-9-31(24(34)12-19-8-10-37-16-19)15-23(33)22-13-21(25(30)35)17(2)32(22)14-18-6-5-7-20(11-18)36-26(27,28)29/h5-8,10-11,13,16H,3-4,9,12,14-15H2,1-2H3,(H2,30,35). The minimum Gasteiger partial charge on any atom is -0.406 e. The number of amides is 2. The summed E-state index contributed by atoms with van der Waals surface area (Å²) in [7, 11) is 0. The molecule has 0 saturated heterocycles. The zero-order valence-corrected chi connectivity index (χ0v) is 21.3. The molecule has 0 aliphatic rings. The van der Waals surface area contributed by atoms with Crippen molar-refractivity contribution in [1.29, 1.82) is 0 Å². The van der Waals surface area contributed by atoms with Crippen LogP contribution in [0.2, 0.25) is 0 Å². The number of ketones is 1. The van der Waals surface area contributed by atoms with Crippen molar-refractivity contribution in [1.82, 2.24) is 9.47 Å². The maximum Gasteiger partial charge on any atom is 0.573 e. The lowest BCUT2D eigenvalue weighted by Crippen LogP contribution is -2.38. The van der Waals surface area contributed by atoms with E-state index in [1.807, 2.05) is 23.8 Å². The van der Waals surface area contributed by atoms with E-state index in [0.717, 1.165) is 12.0 Å². The molecule has 0 unspecified atom stereocenters. The molecule has 11 heteroatoms. The van der Waals surface area contributed by atoms with Crippen molar-refractivity contribution in [2.45, 2.75) is 46.0 Å². The van der Waals surface area contributed by atoms with E-state index in [2.05, 4.69) is 4.74 Å². The average Bonchev–Trinajstić information content (AvgIpc) is 3.43. The number of hydrogen-bond donors (Lipinski definition) is 1. The first-order chi connectivity index (χ1) is 17.5. The molecule has 0 aliphatic heterocycles. The second kappa shape index (κ2) is 12.1. The van der Waals surface area contributed by atoms with Crippen LogP contribution in [0.3, 0.4) is 0 Å². The van der Waals surface area contributed by atoms with Gasteiger partial charge in [0.15, 0.2) is 5.78 Å². The Hall–Kier alpha value is -3.60. The molecule has 0 radical (unpaired) electrons. The van der Waals surface area contributed by atoms with Crippen LogP contribution in [0, 0.1) is 6.92 Å². The molecule has 3 rings (SSSR count). The minimum absolute atomic E-state index is 0.00689. The lowest BCUT2D eigenvalue weighted by atomic mass is 10.1. The summed E-state index contributed by atoms with van der Waals surface area (Å²) >= 11 is 1.48. The number of alkyl halides is 3.